The second-order valence-electron chi connectivity index (χ2n) is 4.43. The number of nitrogens with two attached hydrogens (primary N) is 1. The normalized spacial score (nSPS) is 11.3. The van der Waals surface area contributed by atoms with Crippen molar-refractivity contribution >= 4 is 58.7 Å². The van der Waals surface area contributed by atoms with Crippen LogP contribution in [-0.4, -0.2) is 4.98 Å². The minimum absolute atomic E-state index is 0.00978. The van der Waals surface area contributed by atoms with Crippen LogP contribution in [0.1, 0.15) is 5.56 Å². The summed E-state index contributed by atoms with van der Waals surface area (Å²) >= 11 is 3.15. The molecule has 20 heavy (non-hydrogen) atoms. The minimum atomic E-state index is -0.425. The largest absolute Gasteiger partial charge is 0.397 e. The zero-order valence-electron chi connectivity index (χ0n) is 10.1. The van der Waals surface area contributed by atoms with Crippen LogP contribution in [0.3, 0.4) is 0 Å². The van der Waals surface area contributed by atoms with Gasteiger partial charge < -0.3 is 10.7 Å². The van der Waals surface area contributed by atoms with Gasteiger partial charge in [0.15, 0.2) is 0 Å². The molecule has 0 radical (unpaired) electrons. The third kappa shape index (κ3) is 1.31. The number of aromatic nitrogens is 1. The first kappa shape index (κ1) is 11.5. The van der Waals surface area contributed by atoms with E-state index in [9.17, 15) is 4.79 Å². The molecule has 0 aliphatic rings. The summed E-state index contributed by atoms with van der Waals surface area (Å²) in [5.41, 5.74) is 5.91. The van der Waals surface area contributed by atoms with Gasteiger partial charge in [0.2, 0.25) is 0 Å². The molecule has 0 spiro atoms. The predicted octanol–water partition coefficient (Wildman–Crippen LogP) is 3.41. The molecule has 0 saturated carbocycles. The van der Waals surface area contributed by atoms with Gasteiger partial charge in [-0.2, -0.15) is 5.26 Å². The third-order valence-corrected chi connectivity index (χ3v) is 5.34. The van der Waals surface area contributed by atoms with E-state index in [1.54, 1.807) is 11.3 Å². The fourth-order valence-electron chi connectivity index (χ4n) is 2.51. The topological polar surface area (TPSA) is 82.7 Å². The van der Waals surface area contributed by atoms with Gasteiger partial charge in [0, 0.05) is 25.6 Å². The molecule has 0 bridgehead atoms. The molecule has 6 heteroatoms. The van der Waals surface area contributed by atoms with Crippen molar-refractivity contribution in [3.05, 3.63) is 39.5 Å². The van der Waals surface area contributed by atoms with Crippen molar-refractivity contribution in [2.75, 3.05) is 5.73 Å². The lowest BCUT2D eigenvalue weighted by molar-refractivity contribution is 1.29. The van der Waals surface area contributed by atoms with Crippen molar-refractivity contribution < 1.29 is 0 Å². The van der Waals surface area contributed by atoms with E-state index in [2.05, 4.69) is 11.1 Å². The lowest BCUT2D eigenvalue weighted by Gasteiger charge is -2.00. The Morgan fingerprint density at radius 3 is 2.80 bits per heavy atom. The van der Waals surface area contributed by atoms with Crippen molar-refractivity contribution in [2.24, 2.45) is 0 Å². The Labute approximate surface area is 120 Å². The van der Waals surface area contributed by atoms with E-state index in [1.165, 1.54) is 16.0 Å². The van der Waals surface area contributed by atoms with Gasteiger partial charge in [-0.25, -0.2) is 0 Å². The molecule has 0 fully saturated rings. The van der Waals surface area contributed by atoms with Crippen molar-refractivity contribution in [1.29, 1.82) is 5.26 Å². The molecule has 1 aromatic carbocycles. The molecule has 0 aliphatic heterocycles. The highest BCUT2D eigenvalue weighted by atomic mass is 32.1. The van der Waals surface area contributed by atoms with E-state index >= 15 is 0 Å². The number of anilines is 1. The van der Waals surface area contributed by atoms with Gasteiger partial charge in [-0.1, -0.05) is 0 Å². The first-order chi connectivity index (χ1) is 9.70. The van der Waals surface area contributed by atoms with Gasteiger partial charge >= 0.3 is 0 Å². The number of nitrogens with zero attached hydrogens (tertiary/aromatic N) is 1. The summed E-state index contributed by atoms with van der Waals surface area (Å²) in [6.45, 7) is 0. The van der Waals surface area contributed by atoms with Crippen molar-refractivity contribution in [1.82, 2.24) is 4.98 Å². The van der Waals surface area contributed by atoms with E-state index in [-0.39, 0.29) is 11.3 Å². The van der Waals surface area contributed by atoms with E-state index in [0.717, 1.165) is 25.7 Å². The molecule has 4 rings (SSSR count). The van der Waals surface area contributed by atoms with Gasteiger partial charge in [0.05, 0.1) is 5.69 Å². The van der Waals surface area contributed by atoms with Crippen LogP contribution in [0.15, 0.2) is 28.4 Å². The highest BCUT2D eigenvalue weighted by Crippen LogP contribution is 2.41. The standard InChI is InChI=1S/C14H7N3OS2/c15-5-7-12(16)11-10-6-3-4-19-8(6)1-2-9(10)20-14(11)17-13(7)18/h1-4H,(H3,16,17,18). The molecule has 3 heterocycles. The van der Waals surface area contributed by atoms with Crippen LogP contribution < -0.4 is 11.3 Å². The quantitative estimate of drug-likeness (QED) is 0.521. The molecule has 0 atom stereocenters. The molecular weight excluding hydrogens is 290 g/mol. The van der Waals surface area contributed by atoms with Crippen LogP contribution in [-0.2, 0) is 0 Å². The van der Waals surface area contributed by atoms with Crippen LogP contribution in [0.5, 0.6) is 0 Å². The summed E-state index contributed by atoms with van der Waals surface area (Å²) in [4.78, 5) is 15.3. The molecule has 0 amide bonds. The number of nitriles is 1. The average molecular weight is 297 g/mol. The van der Waals surface area contributed by atoms with Crippen molar-refractivity contribution in [2.45, 2.75) is 0 Å². The maximum absolute atomic E-state index is 11.8. The number of rotatable bonds is 0. The van der Waals surface area contributed by atoms with Gasteiger partial charge in [0.25, 0.3) is 5.56 Å². The summed E-state index contributed by atoms with van der Waals surface area (Å²) in [5.74, 6) is 0. The first-order valence-corrected chi connectivity index (χ1v) is 7.54. The Morgan fingerprint density at radius 2 is 2.00 bits per heavy atom. The fourth-order valence-corrected chi connectivity index (χ4v) is 4.43. The third-order valence-electron chi connectivity index (χ3n) is 3.39. The number of benzene rings is 1. The number of nitrogen functional groups attached to an aromatic ring is 1. The van der Waals surface area contributed by atoms with E-state index < -0.39 is 5.56 Å². The summed E-state index contributed by atoms with van der Waals surface area (Å²) in [7, 11) is 0. The number of aromatic amines is 1. The zero-order chi connectivity index (χ0) is 13.9. The summed E-state index contributed by atoms with van der Waals surface area (Å²) in [6.07, 6.45) is 0. The number of pyridine rings is 1. The minimum Gasteiger partial charge on any atom is -0.397 e. The monoisotopic (exact) mass is 297 g/mol. The molecule has 3 aromatic heterocycles. The van der Waals surface area contributed by atoms with Crippen LogP contribution in [0.25, 0.3) is 30.4 Å². The Balaban J connectivity index is 2.40. The molecular formula is C14H7N3OS2. The van der Waals surface area contributed by atoms with Gasteiger partial charge in [-0.15, -0.1) is 22.7 Å². The second-order valence-corrected chi connectivity index (χ2v) is 6.43. The maximum atomic E-state index is 11.8. The molecule has 4 nitrogen and oxygen atoms in total. The maximum Gasteiger partial charge on any atom is 0.269 e. The number of thiophene rings is 2. The Morgan fingerprint density at radius 1 is 1.20 bits per heavy atom. The fraction of sp³-hybridized carbons (Fsp3) is 0. The number of H-pyrrole nitrogens is 1. The van der Waals surface area contributed by atoms with Crippen molar-refractivity contribution in [3.63, 3.8) is 0 Å². The molecule has 0 saturated heterocycles. The molecule has 0 unspecified atom stereocenters. The second kappa shape index (κ2) is 3.82. The van der Waals surface area contributed by atoms with E-state index in [0.29, 0.717) is 0 Å². The SMILES string of the molecule is N#Cc1c(N)c2c([nH]c1=O)sc1ccc3sccc3c12. The Hall–Kier alpha value is -2.36. The van der Waals surface area contributed by atoms with Crippen LogP contribution in [0, 0.1) is 11.3 Å². The highest BCUT2D eigenvalue weighted by Gasteiger charge is 2.16. The van der Waals surface area contributed by atoms with Gasteiger partial charge in [-0.05, 0) is 23.6 Å². The lowest BCUT2D eigenvalue weighted by atomic mass is 10.1. The van der Waals surface area contributed by atoms with Crippen LogP contribution >= 0.6 is 22.7 Å². The Bertz CT molecular complexity index is 1090. The first-order valence-electron chi connectivity index (χ1n) is 5.85. The molecule has 3 N–H and O–H groups in total. The Kier molecular flexibility index (Phi) is 2.19. The summed E-state index contributed by atoms with van der Waals surface area (Å²) < 4.78 is 2.23. The van der Waals surface area contributed by atoms with Crippen molar-refractivity contribution in [3.8, 4) is 6.07 Å². The van der Waals surface area contributed by atoms with E-state index in [4.69, 9.17) is 11.0 Å². The van der Waals surface area contributed by atoms with Gasteiger partial charge in [0.1, 0.15) is 16.5 Å². The van der Waals surface area contributed by atoms with Gasteiger partial charge in [-0.3, -0.25) is 4.79 Å². The number of hydrogen-bond acceptors (Lipinski definition) is 5. The zero-order valence-corrected chi connectivity index (χ0v) is 11.7. The van der Waals surface area contributed by atoms with E-state index in [1.807, 2.05) is 23.6 Å². The molecule has 4 aromatic rings. The summed E-state index contributed by atoms with van der Waals surface area (Å²) in [6, 6.07) is 8.03. The summed E-state index contributed by atoms with van der Waals surface area (Å²) in [5, 5.41) is 14.0. The smallest absolute Gasteiger partial charge is 0.269 e. The number of hydrogen-bond donors (Lipinski definition) is 2. The molecule has 0 aliphatic carbocycles. The predicted molar refractivity (Wildman–Crippen MR) is 84.5 cm³/mol. The number of fused-ring (bicyclic) bond motifs is 5. The molecule has 96 valence electrons. The lowest BCUT2D eigenvalue weighted by Crippen LogP contribution is -2.12. The highest BCUT2D eigenvalue weighted by molar-refractivity contribution is 7.26. The van der Waals surface area contributed by atoms with Crippen LogP contribution in [0.2, 0.25) is 0 Å². The average Bonchev–Trinajstić information content (AvgIpc) is 3.00. The number of nitrogens with one attached hydrogen (secondary N) is 1. The van der Waals surface area contributed by atoms with Crippen LogP contribution in [0.4, 0.5) is 5.69 Å².